The summed E-state index contributed by atoms with van der Waals surface area (Å²) in [4.78, 5) is 15.8. The lowest BCUT2D eigenvalue weighted by atomic mass is 10.1. The summed E-state index contributed by atoms with van der Waals surface area (Å²) in [6, 6.07) is 0. The van der Waals surface area contributed by atoms with Crippen LogP contribution in [-0.4, -0.2) is 41.1 Å². The van der Waals surface area contributed by atoms with E-state index in [2.05, 4.69) is 32.0 Å². The van der Waals surface area contributed by atoms with Crippen LogP contribution in [-0.2, 0) is 16.2 Å². The standard InChI is InChI=1S/C14H23N5O2/c1-21-17-14(20)6-2-3-8-19-13(11-16-18-19)9-12-5-4-7-15-10-12/h9,11,15H,2-8,10H2,1H3,(H,17,20). The Bertz CT molecular complexity index is 475. The van der Waals surface area contributed by atoms with E-state index in [9.17, 15) is 4.79 Å². The van der Waals surface area contributed by atoms with Gasteiger partial charge in [0.15, 0.2) is 0 Å². The first-order valence-electron chi connectivity index (χ1n) is 7.40. The Morgan fingerprint density at radius 1 is 1.57 bits per heavy atom. The van der Waals surface area contributed by atoms with Gasteiger partial charge in [-0.3, -0.25) is 9.63 Å². The highest BCUT2D eigenvalue weighted by Crippen LogP contribution is 2.13. The second-order valence-electron chi connectivity index (χ2n) is 5.15. The number of carbonyl (C=O) groups is 1. The summed E-state index contributed by atoms with van der Waals surface area (Å²) in [6.07, 6.45) is 8.42. The summed E-state index contributed by atoms with van der Waals surface area (Å²) in [5.41, 5.74) is 4.74. The second kappa shape index (κ2) is 8.53. The summed E-state index contributed by atoms with van der Waals surface area (Å²) in [5, 5.41) is 11.5. The fourth-order valence-corrected chi connectivity index (χ4v) is 2.37. The highest BCUT2D eigenvalue weighted by molar-refractivity contribution is 5.74. The van der Waals surface area contributed by atoms with Crippen LogP contribution in [0.15, 0.2) is 11.8 Å². The molecule has 1 aromatic rings. The van der Waals surface area contributed by atoms with Crippen LogP contribution in [0.25, 0.3) is 6.08 Å². The first-order chi connectivity index (χ1) is 10.3. The minimum absolute atomic E-state index is 0.0910. The van der Waals surface area contributed by atoms with Crippen LogP contribution in [0, 0.1) is 0 Å². The zero-order valence-electron chi connectivity index (χ0n) is 12.5. The highest BCUT2D eigenvalue weighted by atomic mass is 16.6. The molecule has 2 N–H and O–H groups in total. The minimum Gasteiger partial charge on any atom is -0.313 e. The van der Waals surface area contributed by atoms with Crippen molar-refractivity contribution in [2.24, 2.45) is 0 Å². The predicted molar refractivity (Wildman–Crippen MR) is 79.1 cm³/mol. The number of nitrogens with one attached hydrogen (secondary N) is 2. The molecular weight excluding hydrogens is 270 g/mol. The van der Waals surface area contributed by atoms with Gasteiger partial charge in [0.05, 0.1) is 19.0 Å². The Morgan fingerprint density at radius 3 is 3.24 bits per heavy atom. The Balaban J connectivity index is 1.79. The zero-order chi connectivity index (χ0) is 14.9. The van der Waals surface area contributed by atoms with E-state index < -0.39 is 0 Å². The number of amides is 1. The second-order valence-corrected chi connectivity index (χ2v) is 5.15. The van der Waals surface area contributed by atoms with Gasteiger partial charge in [0, 0.05) is 19.5 Å². The van der Waals surface area contributed by atoms with Crippen LogP contribution in [0.2, 0.25) is 0 Å². The Kier molecular flexibility index (Phi) is 6.36. The van der Waals surface area contributed by atoms with Gasteiger partial charge in [-0.1, -0.05) is 10.8 Å². The van der Waals surface area contributed by atoms with Gasteiger partial charge in [-0.2, -0.15) is 0 Å². The summed E-state index contributed by atoms with van der Waals surface area (Å²) < 4.78 is 1.90. The summed E-state index contributed by atoms with van der Waals surface area (Å²) in [6.45, 7) is 2.81. The van der Waals surface area contributed by atoms with E-state index in [1.54, 1.807) is 6.20 Å². The topological polar surface area (TPSA) is 81.1 Å². The number of piperidine rings is 1. The Labute approximate surface area is 124 Å². The molecular formula is C14H23N5O2. The average Bonchev–Trinajstić information content (AvgIpc) is 2.92. The van der Waals surface area contributed by atoms with E-state index in [1.165, 1.54) is 19.1 Å². The van der Waals surface area contributed by atoms with Crippen molar-refractivity contribution in [3.63, 3.8) is 0 Å². The quantitative estimate of drug-likeness (QED) is 0.576. The lowest BCUT2D eigenvalue weighted by Crippen LogP contribution is -2.23. The zero-order valence-corrected chi connectivity index (χ0v) is 12.5. The third-order valence-corrected chi connectivity index (χ3v) is 3.44. The van der Waals surface area contributed by atoms with E-state index in [1.807, 2.05) is 4.68 Å². The molecule has 0 unspecified atom stereocenters. The monoisotopic (exact) mass is 293 g/mol. The lowest BCUT2D eigenvalue weighted by Gasteiger charge is -2.15. The molecule has 21 heavy (non-hydrogen) atoms. The van der Waals surface area contributed by atoms with Crippen molar-refractivity contribution in [3.05, 3.63) is 17.5 Å². The molecule has 0 aliphatic carbocycles. The Morgan fingerprint density at radius 2 is 2.48 bits per heavy atom. The van der Waals surface area contributed by atoms with Crippen molar-refractivity contribution in [2.75, 3.05) is 20.2 Å². The molecule has 0 atom stereocenters. The third-order valence-electron chi connectivity index (χ3n) is 3.44. The first kappa shape index (κ1) is 15.7. The molecule has 1 saturated heterocycles. The molecule has 7 nitrogen and oxygen atoms in total. The van der Waals surface area contributed by atoms with Gasteiger partial charge in [0.1, 0.15) is 0 Å². The van der Waals surface area contributed by atoms with Crippen LogP contribution >= 0.6 is 0 Å². The molecule has 1 fully saturated rings. The molecule has 0 bridgehead atoms. The minimum atomic E-state index is -0.0910. The number of nitrogens with zero attached hydrogens (tertiary/aromatic N) is 3. The maximum atomic E-state index is 11.2. The molecule has 7 heteroatoms. The fourth-order valence-electron chi connectivity index (χ4n) is 2.37. The van der Waals surface area contributed by atoms with Gasteiger partial charge >= 0.3 is 0 Å². The van der Waals surface area contributed by atoms with Crippen LogP contribution in [0.1, 0.15) is 37.8 Å². The third kappa shape index (κ3) is 5.28. The number of carbonyl (C=O) groups excluding carboxylic acids is 1. The number of hydrogen-bond donors (Lipinski definition) is 2. The van der Waals surface area contributed by atoms with Crippen LogP contribution in [0.4, 0.5) is 0 Å². The normalized spacial score (nSPS) is 17.1. The number of rotatable bonds is 7. The van der Waals surface area contributed by atoms with Crippen LogP contribution in [0.5, 0.6) is 0 Å². The predicted octanol–water partition coefficient (Wildman–Crippen LogP) is 0.893. The van der Waals surface area contributed by atoms with E-state index in [4.69, 9.17) is 0 Å². The molecule has 1 amide bonds. The first-order valence-corrected chi connectivity index (χ1v) is 7.40. The van der Waals surface area contributed by atoms with Gasteiger partial charge in [0.2, 0.25) is 5.91 Å². The largest absolute Gasteiger partial charge is 0.313 e. The summed E-state index contributed by atoms with van der Waals surface area (Å²) >= 11 is 0. The molecule has 1 aliphatic heterocycles. The molecule has 116 valence electrons. The number of hydrogen-bond acceptors (Lipinski definition) is 5. The average molecular weight is 293 g/mol. The Hall–Kier alpha value is -1.73. The summed E-state index contributed by atoms with van der Waals surface area (Å²) in [5.74, 6) is -0.0910. The van der Waals surface area contributed by atoms with E-state index in [-0.39, 0.29) is 5.91 Å². The number of unbranched alkanes of at least 4 members (excludes halogenated alkanes) is 1. The van der Waals surface area contributed by atoms with Crippen LogP contribution in [0.3, 0.4) is 0 Å². The number of aromatic nitrogens is 3. The molecule has 1 aromatic heterocycles. The van der Waals surface area contributed by atoms with Gasteiger partial charge in [-0.15, -0.1) is 5.10 Å². The van der Waals surface area contributed by atoms with Crippen molar-refractivity contribution in [3.8, 4) is 0 Å². The SMILES string of the molecule is CONC(=O)CCCCn1nncc1C=C1CCCNC1. The van der Waals surface area contributed by atoms with Gasteiger partial charge in [-0.25, -0.2) is 10.2 Å². The maximum absolute atomic E-state index is 11.2. The van der Waals surface area contributed by atoms with E-state index >= 15 is 0 Å². The lowest BCUT2D eigenvalue weighted by molar-refractivity contribution is -0.131. The van der Waals surface area contributed by atoms with Crippen molar-refractivity contribution in [1.82, 2.24) is 25.8 Å². The molecule has 2 heterocycles. The summed E-state index contributed by atoms with van der Waals surface area (Å²) in [7, 11) is 1.44. The molecule has 0 aromatic carbocycles. The molecule has 0 spiro atoms. The molecule has 1 aliphatic rings. The number of hydroxylamine groups is 1. The van der Waals surface area contributed by atoms with Crippen LogP contribution < -0.4 is 10.8 Å². The van der Waals surface area contributed by atoms with E-state index in [0.717, 1.165) is 44.6 Å². The van der Waals surface area contributed by atoms with Crippen molar-refractivity contribution >= 4 is 12.0 Å². The molecule has 2 rings (SSSR count). The highest BCUT2D eigenvalue weighted by Gasteiger charge is 2.07. The molecule has 0 radical (unpaired) electrons. The maximum Gasteiger partial charge on any atom is 0.243 e. The fraction of sp³-hybridized carbons (Fsp3) is 0.643. The van der Waals surface area contributed by atoms with Gasteiger partial charge in [-0.05, 0) is 38.3 Å². The smallest absolute Gasteiger partial charge is 0.243 e. The van der Waals surface area contributed by atoms with Gasteiger partial charge in [0.25, 0.3) is 0 Å². The molecule has 0 saturated carbocycles. The van der Waals surface area contributed by atoms with Crippen molar-refractivity contribution in [2.45, 2.75) is 38.6 Å². The van der Waals surface area contributed by atoms with Crippen molar-refractivity contribution < 1.29 is 9.63 Å². The number of aryl methyl sites for hydroxylation is 1. The van der Waals surface area contributed by atoms with Gasteiger partial charge < -0.3 is 5.32 Å². The van der Waals surface area contributed by atoms with Crippen molar-refractivity contribution in [1.29, 1.82) is 0 Å². The van der Waals surface area contributed by atoms with E-state index in [0.29, 0.717) is 6.42 Å².